The Bertz CT molecular complexity index is 780. The standard InChI is InChI=1S/C19H26N6O/c1-13-8-9-16(26)24(13)14-6-5-7-15(12-14)25-18(21)22-17(20)23-19(25)10-3-2-4-11-19/h5-7,12-13H,2-4,8-11H2,1H3,(H4,20,21,22,23). The van der Waals surface area contributed by atoms with Gasteiger partial charge in [-0.15, -0.1) is 0 Å². The van der Waals surface area contributed by atoms with E-state index in [9.17, 15) is 4.79 Å². The van der Waals surface area contributed by atoms with E-state index in [-0.39, 0.29) is 17.9 Å². The zero-order chi connectivity index (χ0) is 18.3. The molecule has 1 amide bonds. The lowest BCUT2D eigenvalue weighted by atomic mass is 9.87. The first-order valence-electron chi connectivity index (χ1n) is 9.42. The van der Waals surface area contributed by atoms with Gasteiger partial charge in [-0.05, 0) is 57.2 Å². The number of nitrogens with zero attached hydrogens (tertiary/aromatic N) is 4. The van der Waals surface area contributed by atoms with Gasteiger partial charge in [-0.25, -0.2) is 4.99 Å². The normalized spacial score (nSPS) is 25.4. The Morgan fingerprint density at radius 1 is 1.15 bits per heavy atom. The van der Waals surface area contributed by atoms with Gasteiger partial charge in [0.25, 0.3) is 0 Å². The molecule has 4 rings (SSSR count). The molecule has 7 nitrogen and oxygen atoms in total. The number of aliphatic imine (C=N–C) groups is 2. The second kappa shape index (κ2) is 6.30. The fourth-order valence-electron chi connectivity index (χ4n) is 4.50. The van der Waals surface area contributed by atoms with Crippen LogP contribution in [0.4, 0.5) is 11.4 Å². The van der Waals surface area contributed by atoms with Gasteiger partial charge in [0.1, 0.15) is 5.66 Å². The molecule has 7 heteroatoms. The highest BCUT2D eigenvalue weighted by molar-refractivity contribution is 6.06. The maximum Gasteiger partial charge on any atom is 0.227 e. The van der Waals surface area contributed by atoms with Crippen LogP contribution in [0, 0.1) is 0 Å². The highest BCUT2D eigenvalue weighted by Gasteiger charge is 2.42. The lowest BCUT2D eigenvalue weighted by molar-refractivity contribution is -0.117. The summed E-state index contributed by atoms with van der Waals surface area (Å²) in [4.78, 5) is 25.1. The van der Waals surface area contributed by atoms with E-state index in [4.69, 9.17) is 16.5 Å². The van der Waals surface area contributed by atoms with Gasteiger partial charge in [0.2, 0.25) is 17.8 Å². The van der Waals surface area contributed by atoms with Crippen LogP contribution in [0.15, 0.2) is 34.3 Å². The summed E-state index contributed by atoms with van der Waals surface area (Å²) in [5, 5.41) is 0. The molecule has 0 bridgehead atoms. The van der Waals surface area contributed by atoms with Crippen molar-refractivity contribution in [3.63, 3.8) is 0 Å². The fourth-order valence-corrected chi connectivity index (χ4v) is 4.50. The van der Waals surface area contributed by atoms with Crippen molar-refractivity contribution in [3.8, 4) is 0 Å². The first kappa shape index (κ1) is 16.9. The van der Waals surface area contributed by atoms with Gasteiger partial charge < -0.3 is 16.4 Å². The molecule has 1 aliphatic carbocycles. The summed E-state index contributed by atoms with van der Waals surface area (Å²) in [5.41, 5.74) is 13.6. The molecular weight excluding hydrogens is 328 g/mol. The molecule has 1 unspecified atom stereocenters. The quantitative estimate of drug-likeness (QED) is 0.851. The van der Waals surface area contributed by atoms with Gasteiger partial charge in [-0.1, -0.05) is 12.5 Å². The third kappa shape index (κ3) is 2.71. The molecule has 4 N–H and O–H groups in total. The van der Waals surface area contributed by atoms with Crippen LogP contribution in [0.2, 0.25) is 0 Å². The van der Waals surface area contributed by atoms with Crippen molar-refractivity contribution in [1.29, 1.82) is 0 Å². The van der Waals surface area contributed by atoms with Crippen LogP contribution in [0.3, 0.4) is 0 Å². The molecule has 0 radical (unpaired) electrons. The summed E-state index contributed by atoms with van der Waals surface area (Å²) in [5.74, 6) is 0.794. The molecule has 2 fully saturated rings. The van der Waals surface area contributed by atoms with E-state index < -0.39 is 5.66 Å². The predicted octanol–water partition coefficient (Wildman–Crippen LogP) is 2.31. The zero-order valence-corrected chi connectivity index (χ0v) is 15.2. The Kier molecular flexibility index (Phi) is 4.09. The molecule has 1 aromatic carbocycles. The van der Waals surface area contributed by atoms with Gasteiger partial charge in [0, 0.05) is 23.8 Å². The number of benzene rings is 1. The second-order valence-corrected chi connectivity index (χ2v) is 7.49. The summed E-state index contributed by atoms with van der Waals surface area (Å²) in [6, 6.07) is 8.18. The van der Waals surface area contributed by atoms with Crippen LogP contribution in [-0.4, -0.2) is 29.5 Å². The Morgan fingerprint density at radius 3 is 2.58 bits per heavy atom. The van der Waals surface area contributed by atoms with Crippen LogP contribution in [0.25, 0.3) is 0 Å². The molecule has 1 saturated carbocycles. The summed E-state index contributed by atoms with van der Waals surface area (Å²) in [7, 11) is 0. The Morgan fingerprint density at radius 2 is 1.88 bits per heavy atom. The van der Waals surface area contributed by atoms with Crippen molar-refractivity contribution in [2.24, 2.45) is 21.5 Å². The number of carbonyl (C=O) groups excluding carboxylic acids is 1. The summed E-state index contributed by atoms with van der Waals surface area (Å²) < 4.78 is 0. The minimum absolute atomic E-state index is 0.171. The van der Waals surface area contributed by atoms with E-state index in [1.165, 1.54) is 6.42 Å². The Balaban J connectivity index is 1.75. The van der Waals surface area contributed by atoms with Crippen LogP contribution in [0.5, 0.6) is 0 Å². The number of nitrogens with two attached hydrogens (primary N) is 2. The number of guanidine groups is 2. The van der Waals surface area contributed by atoms with E-state index in [1.807, 2.05) is 34.1 Å². The van der Waals surface area contributed by atoms with Crippen molar-refractivity contribution < 1.29 is 4.79 Å². The molecule has 0 aromatic heterocycles. The maximum atomic E-state index is 12.3. The lowest BCUT2D eigenvalue weighted by Gasteiger charge is -2.45. The van der Waals surface area contributed by atoms with Crippen LogP contribution < -0.4 is 21.3 Å². The Labute approximate surface area is 153 Å². The number of rotatable bonds is 2. The molecule has 2 heterocycles. The zero-order valence-electron chi connectivity index (χ0n) is 15.2. The van der Waals surface area contributed by atoms with Gasteiger partial charge in [0.15, 0.2) is 0 Å². The number of anilines is 2. The molecule has 1 atom stereocenters. The van der Waals surface area contributed by atoms with Crippen LogP contribution in [0.1, 0.15) is 51.9 Å². The van der Waals surface area contributed by atoms with Crippen molar-refractivity contribution in [2.45, 2.75) is 63.6 Å². The first-order valence-corrected chi connectivity index (χ1v) is 9.42. The monoisotopic (exact) mass is 354 g/mol. The summed E-state index contributed by atoms with van der Waals surface area (Å²) in [6.07, 6.45) is 6.65. The van der Waals surface area contributed by atoms with Crippen LogP contribution >= 0.6 is 0 Å². The molecule has 1 aromatic rings. The maximum absolute atomic E-state index is 12.3. The molecule has 3 aliphatic rings. The molecule has 2 aliphatic heterocycles. The fraction of sp³-hybridized carbons (Fsp3) is 0.526. The topological polar surface area (TPSA) is 100 Å². The Hall–Kier alpha value is -2.57. The van der Waals surface area contributed by atoms with E-state index in [0.29, 0.717) is 12.4 Å². The average Bonchev–Trinajstić information content (AvgIpc) is 2.93. The number of hydrogen-bond acceptors (Lipinski definition) is 6. The van der Waals surface area contributed by atoms with Crippen molar-refractivity contribution >= 4 is 29.2 Å². The smallest absolute Gasteiger partial charge is 0.227 e. The second-order valence-electron chi connectivity index (χ2n) is 7.49. The summed E-state index contributed by atoms with van der Waals surface area (Å²) >= 11 is 0. The minimum atomic E-state index is -0.465. The SMILES string of the molecule is CC1CCC(=O)N1c1cccc(N2C(N)=NC(N)=NC23CCCCC3)c1. The molecular formula is C19H26N6O. The lowest BCUT2D eigenvalue weighted by Crippen LogP contribution is -2.58. The number of amides is 1. The van der Waals surface area contributed by atoms with Crippen molar-refractivity contribution in [3.05, 3.63) is 24.3 Å². The minimum Gasteiger partial charge on any atom is -0.369 e. The largest absolute Gasteiger partial charge is 0.369 e. The average molecular weight is 354 g/mol. The van der Waals surface area contributed by atoms with Crippen molar-refractivity contribution in [1.82, 2.24) is 0 Å². The van der Waals surface area contributed by atoms with Gasteiger partial charge in [-0.2, -0.15) is 4.99 Å². The summed E-state index contributed by atoms with van der Waals surface area (Å²) in [6.45, 7) is 2.09. The van der Waals surface area contributed by atoms with E-state index >= 15 is 0 Å². The molecule has 138 valence electrons. The van der Waals surface area contributed by atoms with Crippen molar-refractivity contribution in [2.75, 3.05) is 9.80 Å². The van der Waals surface area contributed by atoms with E-state index in [1.54, 1.807) is 0 Å². The molecule has 1 saturated heterocycles. The van der Waals surface area contributed by atoms with Gasteiger partial charge in [-0.3, -0.25) is 9.69 Å². The van der Waals surface area contributed by atoms with E-state index in [0.717, 1.165) is 43.5 Å². The van der Waals surface area contributed by atoms with Gasteiger partial charge >= 0.3 is 0 Å². The van der Waals surface area contributed by atoms with E-state index in [2.05, 4.69) is 11.9 Å². The third-order valence-electron chi connectivity index (χ3n) is 5.70. The highest BCUT2D eigenvalue weighted by Crippen LogP contribution is 2.40. The van der Waals surface area contributed by atoms with Gasteiger partial charge in [0.05, 0.1) is 0 Å². The number of hydrogen-bond donors (Lipinski definition) is 2. The highest BCUT2D eigenvalue weighted by atomic mass is 16.2. The third-order valence-corrected chi connectivity index (χ3v) is 5.70. The number of carbonyl (C=O) groups is 1. The molecule has 1 spiro atoms. The predicted molar refractivity (Wildman–Crippen MR) is 104 cm³/mol. The van der Waals surface area contributed by atoms with Crippen LogP contribution in [-0.2, 0) is 4.79 Å². The first-order chi connectivity index (χ1) is 12.5. The molecule has 26 heavy (non-hydrogen) atoms.